The third kappa shape index (κ3) is 5.27. The second kappa shape index (κ2) is 8.35. The lowest BCUT2D eigenvalue weighted by Crippen LogP contribution is -2.27. The Balaban J connectivity index is 1.62. The predicted octanol–water partition coefficient (Wildman–Crippen LogP) is 4.98. The number of carbonyl (C=O) groups excluding carboxylic acids is 2. The summed E-state index contributed by atoms with van der Waals surface area (Å²) < 4.78 is 0. The first kappa shape index (κ1) is 19.8. The minimum absolute atomic E-state index is 0.0770. The Morgan fingerprint density at radius 3 is 2.32 bits per heavy atom. The maximum atomic E-state index is 12.4. The molecule has 2 amide bonds. The number of amides is 2. The fraction of sp³-hybridized carbons (Fsp3) is 0.227. The van der Waals surface area contributed by atoms with Gasteiger partial charge in [-0.2, -0.15) is 0 Å². The van der Waals surface area contributed by atoms with Crippen LogP contribution >= 0.6 is 11.3 Å². The number of hydrogen-bond acceptors (Lipinski definition) is 4. The number of aromatic nitrogens is 1. The van der Waals surface area contributed by atoms with Gasteiger partial charge in [0.2, 0.25) is 11.8 Å². The van der Waals surface area contributed by atoms with E-state index in [1.165, 1.54) is 11.3 Å². The van der Waals surface area contributed by atoms with Gasteiger partial charge in [0.25, 0.3) is 0 Å². The van der Waals surface area contributed by atoms with Gasteiger partial charge in [-0.25, -0.2) is 4.98 Å². The molecule has 0 saturated carbocycles. The number of rotatable bonds is 5. The van der Waals surface area contributed by atoms with E-state index in [0.29, 0.717) is 11.4 Å². The maximum Gasteiger partial charge on any atom is 0.230 e. The first-order chi connectivity index (χ1) is 13.3. The second-order valence-electron chi connectivity index (χ2n) is 7.52. The van der Waals surface area contributed by atoms with Crippen molar-refractivity contribution >= 4 is 34.5 Å². The highest BCUT2D eigenvalue weighted by Gasteiger charge is 2.21. The molecule has 0 aliphatic carbocycles. The van der Waals surface area contributed by atoms with E-state index in [9.17, 15) is 9.59 Å². The van der Waals surface area contributed by atoms with Gasteiger partial charge in [-0.3, -0.25) is 9.59 Å². The summed E-state index contributed by atoms with van der Waals surface area (Å²) in [4.78, 5) is 29.1. The molecule has 0 bridgehead atoms. The molecule has 0 aliphatic rings. The summed E-state index contributed by atoms with van der Waals surface area (Å²) in [7, 11) is 0. The van der Waals surface area contributed by atoms with Crippen LogP contribution in [0.15, 0.2) is 60.0 Å². The molecule has 28 heavy (non-hydrogen) atoms. The number of hydrogen-bond donors (Lipinski definition) is 2. The van der Waals surface area contributed by atoms with Gasteiger partial charge < -0.3 is 10.6 Å². The SMILES string of the molecule is CC(C)(C)C(=O)Nc1cccc(NC(=O)Cc2csc(-c3ccccc3)n2)c1. The highest BCUT2D eigenvalue weighted by atomic mass is 32.1. The Kier molecular flexibility index (Phi) is 5.90. The van der Waals surface area contributed by atoms with E-state index in [1.54, 1.807) is 24.3 Å². The van der Waals surface area contributed by atoms with Gasteiger partial charge in [0, 0.05) is 27.7 Å². The van der Waals surface area contributed by atoms with Gasteiger partial charge in [-0.1, -0.05) is 57.2 Å². The quantitative estimate of drug-likeness (QED) is 0.642. The zero-order valence-electron chi connectivity index (χ0n) is 16.2. The van der Waals surface area contributed by atoms with Crippen molar-refractivity contribution in [2.45, 2.75) is 27.2 Å². The minimum Gasteiger partial charge on any atom is -0.326 e. The molecule has 6 heteroatoms. The highest BCUT2D eigenvalue weighted by Crippen LogP contribution is 2.24. The van der Waals surface area contributed by atoms with Gasteiger partial charge in [0.05, 0.1) is 12.1 Å². The van der Waals surface area contributed by atoms with Crippen LogP contribution in [-0.4, -0.2) is 16.8 Å². The zero-order valence-corrected chi connectivity index (χ0v) is 17.0. The molecule has 0 fully saturated rings. The van der Waals surface area contributed by atoms with Crippen LogP contribution in [0.3, 0.4) is 0 Å². The lowest BCUT2D eigenvalue weighted by Gasteiger charge is -2.18. The van der Waals surface area contributed by atoms with E-state index in [4.69, 9.17) is 0 Å². The van der Waals surface area contributed by atoms with E-state index in [2.05, 4.69) is 15.6 Å². The van der Waals surface area contributed by atoms with Crippen LogP contribution in [0.5, 0.6) is 0 Å². The lowest BCUT2D eigenvalue weighted by molar-refractivity contribution is -0.123. The first-order valence-corrected chi connectivity index (χ1v) is 9.90. The minimum atomic E-state index is -0.486. The summed E-state index contributed by atoms with van der Waals surface area (Å²) in [6.45, 7) is 5.56. The molecular weight excluding hydrogens is 370 g/mol. The largest absolute Gasteiger partial charge is 0.326 e. The van der Waals surface area contributed by atoms with E-state index in [-0.39, 0.29) is 18.2 Å². The van der Waals surface area contributed by atoms with Crippen LogP contribution in [0, 0.1) is 5.41 Å². The van der Waals surface area contributed by atoms with E-state index < -0.39 is 5.41 Å². The van der Waals surface area contributed by atoms with Crippen molar-refractivity contribution in [3.8, 4) is 10.6 Å². The summed E-state index contributed by atoms with van der Waals surface area (Å²) in [5.41, 5.74) is 2.58. The molecule has 3 aromatic rings. The maximum absolute atomic E-state index is 12.4. The predicted molar refractivity (Wildman–Crippen MR) is 114 cm³/mol. The van der Waals surface area contributed by atoms with Crippen molar-refractivity contribution in [3.63, 3.8) is 0 Å². The molecule has 3 rings (SSSR count). The third-order valence-corrected chi connectivity index (χ3v) is 4.94. The molecule has 1 heterocycles. The van der Waals surface area contributed by atoms with Crippen molar-refractivity contribution < 1.29 is 9.59 Å². The summed E-state index contributed by atoms with van der Waals surface area (Å²) >= 11 is 1.52. The third-order valence-electron chi connectivity index (χ3n) is 4.00. The van der Waals surface area contributed by atoms with Crippen molar-refractivity contribution in [2.24, 2.45) is 5.41 Å². The Hall–Kier alpha value is -2.99. The van der Waals surface area contributed by atoms with Crippen LogP contribution in [-0.2, 0) is 16.0 Å². The Bertz CT molecular complexity index is 975. The molecule has 0 spiro atoms. The fourth-order valence-corrected chi connectivity index (χ4v) is 3.29. The molecule has 0 aliphatic heterocycles. The summed E-state index contributed by atoms with van der Waals surface area (Å²) in [6, 6.07) is 17.0. The smallest absolute Gasteiger partial charge is 0.230 e. The van der Waals surface area contributed by atoms with E-state index in [0.717, 1.165) is 16.3 Å². The van der Waals surface area contributed by atoms with Crippen LogP contribution in [0.2, 0.25) is 0 Å². The van der Waals surface area contributed by atoms with Crippen LogP contribution in [0.4, 0.5) is 11.4 Å². The average Bonchev–Trinajstić information content (AvgIpc) is 3.10. The average molecular weight is 394 g/mol. The van der Waals surface area contributed by atoms with Crippen LogP contribution in [0.25, 0.3) is 10.6 Å². The second-order valence-corrected chi connectivity index (χ2v) is 8.38. The Morgan fingerprint density at radius 1 is 0.964 bits per heavy atom. The molecule has 0 saturated heterocycles. The van der Waals surface area contributed by atoms with Crippen molar-refractivity contribution in [1.29, 1.82) is 0 Å². The molecule has 2 aromatic carbocycles. The molecule has 0 radical (unpaired) electrons. The molecule has 0 atom stereocenters. The van der Waals surface area contributed by atoms with Gasteiger partial charge in [0.1, 0.15) is 5.01 Å². The molecule has 5 nitrogen and oxygen atoms in total. The van der Waals surface area contributed by atoms with Crippen LogP contribution in [0.1, 0.15) is 26.5 Å². The van der Waals surface area contributed by atoms with Gasteiger partial charge >= 0.3 is 0 Å². The van der Waals surface area contributed by atoms with Crippen LogP contribution < -0.4 is 10.6 Å². The van der Waals surface area contributed by atoms with E-state index >= 15 is 0 Å². The molecule has 1 aromatic heterocycles. The zero-order chi connectivity index (χ0) is 20.1. The molecule has 2 N–H and O–H groups in total. The summed E-state index contributed by atoms with van der Waals surface area (Å²) in [5.74, 6) is -0.226. The van der Waals surface area contributed by atoms with Crippen molar-refractivity contribution in [2.75, 3.05) is 10.6 Å². The van der Waals surface area contributed by atoms with Crippen molar-refractivity contribution in [1.82, 2.24) is 4.98 Å². The topological polar surface area (TPSA) is 71.1 Å². The highest BCUT2D eigenvalue weighted by molar-refractivity contribution is 7.13. The standard InChI is InChI=1S/C22H23N3O2S/c1-22(2,3)21(27)25-17-11-7-10-16(12-17)23-19(26)13-18-14-28-20(24-18)15-8-5-4-6-9-15/h4-12,14H,13H2,1-3H3,(H,23,26)(H,25,27). The number of carbonyl (C=O) groups is 2. The number of thiazole rings is 1. The fourth-order valence-electron chi connectivity index (χ4n) is 2.46. The lowest BCUT2D eigenvalue weighted by atomic mass is 9.95. The van der Waals surface area contributed by atoms with Gasteiger partial charge in [0.15, 0.2) is 0 Å². The number of benzene rings is 2. The van der Waals surface area contributed by atoms with Crippen molar-refractivity contribution in [3.05, 3.63) is 65.7 Å². The Morgan fingerprint density at radius 2 is 1.64 bits per heavy atom. The normalized spacial score (nSPS) is 11.1. The number of nitrogens with zero attached hydrogens (tertiary/aromatic N) is 1. The van der Waals surface area contributed by atoms with E-state index in [1.807, 2.05) is 56.5 Å². The molecule has 0 unspecified atom stereocenters. The summed E-state index contributed by atoms with van der Waals surface area (Å²) in [5, 5.41) is 8.54. The monoisotopic (exact) mass is 393 g/mol. The first-order valence-electron chi connectivity index (χ1n) is 9.02. The summed E-state index contributed by atoms with van der Waals surface area (Å²) in [6.07, 6.45) is 0.196. The molecule has 144 valence electrons. The Labute approximate surface area is 168 Å². The number of nitrogens with one attached hydrogen (secondary N) is 2. The van der Waals surface area contributed by atoms with Gasteiger partial charge in [-0.15, -0.1) is 11.3 Å². The number of anilines is 2. The molecular formula is C22H23N3O2S. The van der Waals surface area contributed by atoms with Gasteiger partial charge in [-0.05, 0) is 18.2 Å².